The van der Waals surface area contributed by atoms with E-state index in [1.165, 1.54) is 16.3 Å². The van der Waals surface area contributed by atoms with Crippen molar-refractivity contribution in [2.45, 2.75) is 0 Å². The quantitative estimate of drug-likeness (QED) is 0.485. The molecule has 0 radical (unpaired) electrons. The molecule has 0 aliphatic heterocycles. The van der Waals surface area contributed by atoms with Gasteiger partial charge in [0.05, 0.1) is 17.2 Å². The summed E-state index contributed by atoms with van der Waals surface area (Å²) < 4.78 is 3.33. The topological polar surface area (TPSA) is 17.8 Å². The van der Waals surface area contributed by atoms with E-state index >= 15 is 0 Å². The molecule has 0 aliphatic carbocycles. The van der Waals surface area contributed by atoms with Crippen molar-refractivity contribution >= 4 is 37.7 Å². The summed E-state index contributed by atoms with van der Waals surface area (Å²) in [6, 6.07) is 18.9. The first kappa shape index (κ1) is 11.7. The largest absolute Gasteiger partial charge is 0.308 e. The van der Waals surface area contributed by atoms with Gasteiger partial charge in [-0.3, -0.25) is 4.98 Å². The molecule has 2 aromatic carbocycles. The van der Waals surface area contributed by atoms with Gasteiger partial charge >= 0.3 is 0 Å². The molecule has 2 heterocycles. The summed E-state index contributed by atoms with van der Waals surface area (Å²) in [6.45, 7) is 0. The zero-order valence-electron chi connectivity index (χ0n) is 10.6. The number of hydrogen-bond acceptors (Lipinski definition) is 1. The molecule has 0 atom stereocenters. The molecule has 0 saturated heterocycles. The molecule has 2 aromatic heterocycles. The van der Waals surface area contributed by atoms with Gasteiger partial charge < -0.3 is 4.57 Å². The number of pyridine rings is 1. The summed E-state index contributed by atoms with van der Waals surface area (Å²) in [6.07, 6.45) is 3.77. The predicted octanol–water partition coefficient (Wildman–Crippen LogP) is 4.94. The van der Waals surface area contributed by atoms with Gasteiger partial charge in [0, 0.05) is 27.1 Å². The Bertz CT molecular complexity index is 871. The first-order valence-electron chi connectivity index (χ1n) is 6.44. The highest BCUT2D eigenvalue weighted by atomic mass is 79.9. The van der Waals surface area contributed by atoms with Crippen LogP contribution in [-0.4, -0.2) is 9.55 Å². The highest BCUT2D eigenvalue weighted by Crippen LogP contribution is 2.31. The number of nitrogens with zero attached hydrogens (tertiary/aromatic N) is 2. The predicted molar refractivity (Wildman–Crippen MR) is 86.3 cm³/mol. The van der Waals surface area contributed by atoms with Gasteiger partial charge in [0.15, 0.2) is 0 Å². The number of hydrogen-bond donors (Lipinski definition) is 0. The third kappa shape index (κ3) is 1.67. The molecule has 4 aromatic rings. The standard InChI is InChI=1S/C17H11BrN2/c18-12-4-3-5-13(10-12)20-16-7-2-1-6-14(16)15-8-9-19-11-17(15)20/h1-11H. The normalized spacial score (nSPS) is 11.2. The minimum absolute atomic E-state index is 1.07. The lowest BCUT2D eigenvalue weighted by Gasteiger charge is -2.07. The van der Waals surface area contributed by atoms with Crippen molar-refractivity contribution in [1.82, 2.24) is 9.55 Å². The molecular weight excluding hydrogens is 312 g/mol. The van der Waals surface area contributed by atoms with Crippen LogP contribution in [-0.2, 0) is 0 Å². The van der Waals surface area contributed by atoms with Crippen LogP contribution in [0, 0.1) is 0 Å². The second-order valence-corrected chi connectivity index (χ2v) is 5.64. The molecule has 0 saturated carbocycles. The number of rotatable bonds is 1. The third-order valence-electron chi connectivity index (χ3n) is 3.54. The van der Waals surface area contributed by atoms with E-state index in [-0.39, 0.29) is 0 Å². The molecule has 0 bridgehead atoms. The van der Waals surface area contributed by atoms with Crippen LogP contribution >= 0.6 is 15.9 Å². The van der Waals surface area contributed by atoms with Gasteiger partial charge in [-0.25, -0.2) is 0 Å². The summed E-state index contributed by atoms with van der Waals surface area (Å²) in [7, 11) is 0. The number of para-hydroxylation sites is 1. The fraction of sp³-hybridized carbons (Fsp3) is 0. The molecule has 0 spiro atoms. The fourth-order valence-electron chi connectivity index (χ4n) is 2.71. The van der Waals surface area contributed by atoms with Gasteiger partial charge in [0.25, 0.3) is 0 Å². The Morgan fingerprint density at radius 1 is 0.850 bits per heavy atom. The smallest absolute Gasteiger partial charge is 0.0724 e. The van der Waals surface area contributed by atoms with Crippen LogP contribution in [0.1, 0.15) is 0 Å². The molecule has 2 nitrogen and oxygen atoms in total. The van der Waals surface area contributed by atoms with Crippen molar-refractivity contribution < 1.29 is 0 Å². The van der Waals surface area contributed by atoms with Crippen molar-refractivity contribution in [3.63, 3.8) is 0 Å². The molecule has 0 amide bonds. The lowest BCUT2D eigenvalue weighted by Crippen LogP contribution is -1.93. The van der Waals surface area contributed by atoms with E-state index in [0.29, 0.717) is 0 Å². The van der Waals surface area contributed by atoms with Gasteiger partial charge in [-0.15, -0.1) is 0 Å². The summed E-state index contributed by atoms with van der Waals surface area (Å²) in [5.74, 6) is 0. The number of halogens is 1. The third-order valence-corrected chi connectivity index (χ3v) is 4.04. The summed E-state index contributed by atoms with van der Waals surface area (Å²) in [5.41, 5.74) is 3.47. The average molecular weight is 323 g/mol. The summed E-state index contributed by atoms with van der Waals surface area (Å²) in [5, 5.41) is 2.49. The van der Waals surface area contributed by atoms with Crippen molar-refractivity contribution in [3.8, 4) is 5.69 Å². The molecule has 0 aliphatic rings. The second-order valence-electron chi connectivity index (χ2n) is 4.73. The SMILES string of the molecule is Brc1cccc(-n2c3ccccc3c3ccncc32)c1. The molecular formula is C17H11BrN2. The minimum Gasteiger partial charge on any atom is -0.308 e. The Balaban J connectivity index is 2.21. The van der Waals surface area contributed by atoms with Gasteiger partial charge in [0.2, 0.25) is 0 Å². The summed E-state index contributed by atoms with van der Waals surface area (Å²) in [4.78, 5) is 4.28. The van der Waals surface area contributed by atoms with Gasteiger partial charge in [0.1, 0.15) is 0 Å². The average Bonchev–Trinajstić information content (AvgIpc) is 2.82. The fourth-order valence-corrected chi connectivity index (χ4v) is 3.10. The maximum absolute atomic E-state index is 4.28. The maximum atomic E-state index is 4.28. The second kappa shape index (κ2) is 4.46. The van der Waals surface area contributed by atoms with Crippen LogP contribution in [0.25, 0.3) is 27.5 Å². The number of fused-ring (bicyclic) bond motifs is 3. The Hall–Kier alpha value is -2.13. The zero-order valence-corrected chi connectivity index (χ0v) is 12.2. The number of benzene rings is 2. The highest BCUT2D eigenvalue weighted by molar-refractivity contribution is 9.10. The van der Waals surface area contributed by atoms with Crippen LogP contribution in [0.4, 0.5) is 0 Å². The first-order valence-corrected chi connectivity index (χ1v) is 7.23. The van der Waals surface area contributed by atoms with E-state index in [1.807, 2.05) is 18.5 Å². The molecule has 3 heteroatoms. The van der Waals surface area contributed by atoms with Crippen molar-refractivity contribution in [1.29, 1.82) is 0 Å². The minimum atomic E-state index is 1.07. The first-order chi connectivity index (χ1) is 9.84. The lowest BCUT2D eigenvalue weighted by molar-refractivity contribution is 1.16. The van der Waals surface area contributed by atoms with Crippen LogP contribution in [0.3, 0.4) is 0 Å². The van der Waals surface area contributed by atoms with Gasteiger partial charge in [-0.05, 0) is 30.3 Å². The van der Waals surface area contributed by atoms with E-state index < -0.39 is 0 Å². The van der Waals surface area contributed by atoms with Gasteiger partial charge in [-0.2, -0.15) is 0 Å². The lowest BCUT2D eigenvalue weighted by atomic mass is 10.2. The Morgan fingerprint density at radius 2 is 1.70 bits per heavy atom. The van der Waals surface area contributed by atoms with E-state index in [0.717, 1.165) is 15.7 Å². The van der Waals surface area contributed by atoms with Crippen molar-refractivity contribution in [2.75, 3.05) is 0 Å². The molecule has 20 heavy (non-hydrogen) atoms. The number of aromatic nitrogens is 2. The Kier molecular flexibility index (Phi) is 2.60. The van der Waals surface area contributed by atoms with E-state index in [1.54, 1.807) is 0 Å². The van der Waals surface area contributed by atoms with Crippen LogP contribution in [0.2, 0.25) is 0 Å². The summed E-state index contributed by atoms with van der Waals surface area (Å²) >= 11 is 3.55. The zero-order chi connectivity index (χ0) is 13.5. The molecule has 0 unspecified atom stereocenters. The van der Waals surface area contributed by atoms with Crippen LogP contribution < -0.4 is 0 Å². The maximum Gasteiger partial charge on any atom is 0.0724 e. The van der Waals surface area contributed by atoms with Crippen LogP contribution in [0.5, 0.6) is 0 Å². The highest BCUT2D eigenvalue weighted by Gasteiger charge is 2.11. The Labute approximate surface area is 124 Å². The van der Waals surface area contributed by atoms with E-state index in [9.17, 15) is 0 Å². The molecule has 0 fully saturated rings. The molecule has 4 rings (SSSR count). The van der Waals surface area contributed by atoms with Gasteiger partial charge in [-0.1, -0.05) is 40.2 Å². The monoisotopic (exact) mass is 322 g/mol. The van der Waals surface area contributed by atoms with Crippen LogP contribution in [0.15, 0.2) is 71.5 Å². The van der Waals surface area contributed by atoms with E-state index in [2.05, 4.69) is 74.0 Å². The van der Waals surface area contributed by atoms with Crippen molar-refractivity contribution in [3.05, 3.63) is 71.5 Å². The Morgan fingerprint density at radius 3 is 2.60 bits per heavy atom. The molecule has 0 N–H and O–H groups in total. The van der Waals surface area contributed by atoms with Crippen molar-refractivity contribution in [2.24, 2.45) is 0 Å². The molecule has 96 valence electrons. The van der Waals surface area contributed by atoms with E-state index in [4.69, 9.17) is 0 Å².